The number of nitrogens with zero attached hydrogens (tertiary/aromatic N) is 2. The zero-order chi connectivity index (χ0) is 24.4. The second kappa shape index (κ2) is 8.95. The molecule has 4 N–H and O–H groups in total. The van der Waals surface area contributed by atoms with E-state index >= 15 is 0 Å². The molecule has 1 atom stereocenters. The molecule has 0 fully saturated rings. The number of Topliss-reactive ketones (excluding diaryl/α,β-unsaturated/α-hetero) is 1. The SMILES string of the molecule is CC(=O)c1cccc2c1C(N)=C(Cc1ccccc1)C(C)N(C(=O)C(=O)O)N2C(=O)C(=O)O. The molecule has 2 aromatic rings. The van der Waals surface area contributed by atoms with Crippen LogP contribution in [0.15, 0.2) is 54.1 Å². The fourth-order valence-electron chi connectivity index (χ4n) is 3.84. The summed E-state index contributed by atoms with van der Waals surface area (Å²) in [5.74, 6) is -7.34. The Kier molecular flexibility index (Phi) is 6.29. The quantitative estimate of drug-likeness (QED) is 0.467. The van der Waals surface area contributed by atoms with Gasteiger partial charge in [-0.2, -0.15) is 0 Å². The minimum Gasteiger partial charge on any atom is -0.474 e. The van der Waals surface area contributed by atoms with Crippen molar-refractivity contribution in [3.8, 4) is 0 Å². The predicted octanol–water partition coefficient (Wildman–Crippen LogP) is 1.45. The van der Waals surface area contributed by atoms with Crippen LogP contribution < -0.4 is 10.7 Å². The average molecular weight is 451 g/mol. The van der Waals surface area contributed by atoms with E-state index in [0.717, 1.165) is 5.56 Å². The van der Waals surface area contributed by atoms with Crippen LogP contribution in [0.1, 0.15) is 35.3 Å². The summed E-state index contributed by atoms with van der Waals surface area (Å²) in [4.78, 5) is 61.2. The number of nitrogens with two attached hydrogens (primary N) is 1. The smallest absolute Gasteiger partial charge is 0.396 e. The molecule has 2 aromatic carbocycles. The molecule has 1 aliphatic rings. The minimum atomic E-state index is -1.92. The lowest BCUT2D eigenvalue weighted by Gasteiger charge is -2.36. The molecule has 1 unspecified atom stereocenters. The van der Waals surface area contributed by atoms with Crippen molar-refractivity contribution in [1.29, 1.82) is 0 Å². The van der Waals surface area contributed by atoms with Crippen LogP contribution >= 0.6 is 0 Å². The minimum absolute atomic E-state index is 0.0519. The van der Waals surface area contributed by atoms with Crippen LogP contribution in [0.2, 0.25) is 0 Å². The molecule has 10 heteroatoms. The molecule has 33 heavy (non-hydrogen) atoms. The maximum Gasteiger partial charge on any atom is 0.396 e. The van der Waals surface area contributed by atoms with E-state index in [9.17, 15) is 34.2 Å². The summed E-state index contributed by atoms with van der Waals surface area (Å²) in [6, 6.07) is 12.0. The molecule has 10 nitrogen and oxygen atoms in total. The van der Waals surface area contributed by atoms with E-state index in [4.69, 9.17) is 5.73 Å². The topological polar surface area (TPSA) is 158 Å². The van der Waals surface area contributed by atoms with Crippen LogP contribution in [-0.4, -0.2) is 50.8 Å². The van der Waals surface area contributed by atoms with Gasteiger partial charge in [0.15, 0.2) is 5.78 Å². The lowest BCUT2D eigenvalue weighted by molar-refractivity contribution is -0.160. The highest BCUT2D eigenvalue weighted by molar-refractivity contribution is 6.40. The number of amides is 2. The number of aliphatic carboxylic acids is 2. The van der Waals surface area contributed by atoms with Gasteiger partial charge in [0.25, 0.3) is 0 Å². The molecule has 0 aliphatic carbocycles. The first-order chi connectivity index (χ1) is 15.6. The first-order valence-electron chi connectivity index (χ1n) is 9.86. The van der Waals surface area contributed by atoms with Gasteiger partial charge in [0, 0.05) is 16.8 Å². The highest BCUT2D eigenvalue weighted by Crippen LogP contribution is 2.38. The fraction of sp³-hybridized carbons (Fsp3) is 0.174. The summed E-state index contributed by atoms with van der Waals surface area (Å²) in [7, 11) is 0. The molecule has 0 spiro atoms. The Balaban J connectivity index is 2.40. The monoisotopic (exact) mass is 451 g/mol. The summed E-state index contributed by atoms with van der Waals surface area (Å²) in [5.41, 5.74) is 7.62. The number of ketones is 1. The van der Waals surface area contributed by atoms with Crippen LogP contribution in [0, 0.1) is 0 Å². The number of hydrogen-bond donors (Lipinski definition) is 3. The Hall–Kier alpha value is -4.47. The number of fused-ring (bicyclic) bond motifs is 1. The molecular formula is C23H21N3O7. The first kappa shape index (κ1) is 23.2. The van der Waals surface area contributed by atoms with Crippen molar-refractivity contribution in [1.82, 2.24) is 5.01 Å². The highest BCUT2D eigenvalue weighted by Gasteiger charge is 2.43. The summed E-state index contributed by atoms with van der Waals surface area (Å²) in [5, 5.41) is 19.9. The third kappa shape index (κ3) is 4.18. The zero-order valence-electron chi connectivity index (χ0n) is 17.8. The van der Waals surface area contributed by atoms with E-state index in [2.05, 4.69) is 0 Å². The molecule has 0 aromatic heterocycles. The third-order valence-electron chi connectivity index (χ3n) is 5.36. The van der Waals surface area contributed by atoms with Crippen molar-refractivity contribution in [2.75, 3.05) is 5.01 Å². The second-order valence-electron chi connectivity index (χ2n) is 7.41. The van der Waals surface area contributed by atoms with Gasteiger partial charge in [0.2, 0.25) is 0 Å². The van der Waals surface area contributed by atoms with Crippen LogP contribution in [0.4, 0.5) is 5.69 Å². The first-order valence-corrected chi connectivity index (χ1v) is 9.86. The molecule has 0 bridgehead atoms. The molecule has 1 aliphatic heterocycles. The van der Waals surface area contributed by atoms with Gasteiger partial charge in [0.05, 0.1) is 11.7 Å². The van der Waals surface area contributed by atoms with Gasteiger partial charge in [0.1, 0.15) is 0 Å². The highest BCUT2D eigenvalue weighted by atomic mass is 16.4. The molecule has 3 rings (SSSR count). The van der Waals surface area contributed by atoms with Gasteiger partial charge in [-0.3, -0.25) is 14.4 Å². The van der Waals surface area contributed by atoms with Crippen LogP contribution in [-0.2, 0) is 25.6 Å². The zero-order valence-corrected chi connectivity index (χ0v) is 17.8. The molecule has 2 amide bonds. The van der Waals surface area contributed by atoms with Gasteiger partial charge in [-0.25, -0.2) is 19.6 Å². The standard InChI is InChI=1S/C23H21N3O7/c1-12-16(11-14-7-4-3-5-8-14)19(24)18-15(13(2)27)9-6-10-17(18)26(21(29)23(32)33)25(12)20(28)22(30)31/h3-10,12H,11,24H2,1-2H3,(H,30,31)(H,32,33). The van der Waals surface area contributed by atoms with Crippen molar-refractivity contribution in [2.24, 2.45) is 5.73 Å². The van der Waals surface area contributed by atoms with Gasteiger partial charge >= 0.3 is 23.8 Å². The van der Waals surface area contributed by atoms with E-state index in [0.29, 0.717) is 15.6 Å². The molecule has 0 saturated carbocycles. The number of hydrogen-bond acceptors (Lipinski definition) is 6. The Morgan fingerprint density at radius 2 is 1.52 bits per heavy atom. The Morgan fingerprint density at radius 3 is 2.06 bits per heavy atom. The van der Waals surface area contributed by atoms with E-state index in [1.165, 1.54) is 32.0 Å². The molecule has 0 saturated heterocycles. The summed E-state index contributed by atoms with van der Waals surface area (Å²) in [6.45, 7) is 2.71. The summed E-state index contributed by atoms with van der Waals surface area (Å²) in [6.07, 6.45) is 0.151. The second-order valence-corrected chi connectivity index (χ2v) is 7.41. The molecule has 170 valence electrons. The predicted molar refractivity (Wildman–Crippen MR) is 117 cm³/mol. The Bertz CT molecular complexity index is 1200. The normalized spacial score (nSPS) is 15.5. The van der Waals surface area contributed by atoms with Crippen LogP contribution in [0.3, 0.4) is 0 Å². The number of benzene rings is 2. The maximum absolute atomic E-state index is 12.7. The van der Waals surface area contributed by atoms with Gasteiger partial charge in [-0.05, 0) is 37.5 Å². The summed E-state index contributed by atoms with van der Waals surface area (Å²) < 4.78 is 0. The van der Waals surface area contributed by atoms with Crippen molar-refractivity contribution < 1.29 is 34.2 Å². The maximum atomic E-state index is 12.7. The summed E-state index contributed by atoms with van der Waals surface area (Å²) >= 11 is 0. The van der Waals surface area contributed by atoms with Crippen molar-refractivity contribution >= 4 is 40.9 Å². The van der Waals surface area contributed by atoms with E-state index in [-0.39, 0.29) is 28.9 Å². The number of carbonyl (C=O) groups is 5. The number of anilines is 1. The molecular weight excluding hydrogens is 430 g/mol. The Morgan fingerprint density at radius 1 is 0.909 bits per heavy atom. The van der Waals surface area contributed by atoms with Crippen LogP contribution in [0.25, 0.3) is 5.70 Å². The van der Waals surface area contributed by atoms with Gasteiger partial charge < -0.3 is 15.9 Å². The number of hydrazine groups is 1. The van der Waals surface area contributed by atoms with Gasteiger partial charge in [-0.15, -0.1) is 0 Å². The lowest BCUT2D eigenvalue weighted by atomic mass is 9.91. The fourth-order valence-corrected chi connectivity index (χ4v) is 3.84. The Labute approximate surface area is 188 Å². The molecule has 0 radical (unpaired) electrons. The van der Waals surface area contributed by atoms with Crippen LogP contribution in [0.5, 0.6) is 0 Å². The average Bonchev–Trinajstić information content (AvgIpc) is 2.87. The van der Waals surface area contributed by atoms with E-state index in [1.54, 1.807) is 30.3 Å². The lowest BCUT2D eigenvalue weighted by Crippen LogP contribution is -2.58. The number of carbonyl (C=O) groups excluding carboxylic acids is 3. The third-order valence-corrected chi connectivity index (χ3v) is 5.36. The number of rotatable bonds is 3. The van der Waals surface area contributed by atoms with Crippen molar-refractivity contribution in [3.05, 3.63) is 70.8 Å². The van der Waals surface area contributed by atoms with E-state index < -0.39 is 35.6 Å². The van der Waals surface area contributed by atoms with Crippen molar-refractivity contribution in [3.63, 3.8) is 0 Å². The van der Waals surface area contributed by atoms with E-state index in [1.807, 2.05) is 0 Å². The van der Waals surface area contributed by atoms with Gasteiger partial charge in [-0.1, -0.05) is 42.5 Å². The molecule has 1 heterocycles. The van der Waals surface area contributed by atoms with Crippen molar-refractivity contribution in [2.45, 2.75) is 26.3 Å². The largest absolute Gasteiger partial charge is 0.474 e. The number of carboxylic acid groups (broad SMARTS) is 2. The number of carboxylic acids is 2.